The van der Waals surface area contributed by atoms with E-state index in [0.717, 1.165) is 0 Å². The highest BCUT2D eigenvalue weighted by Crippen LogP contribution is 2.27. The smallest absolute Gasteiger partial charge is 0.341 e. The van der Waals surface area contributed by atoms with Crippen molar-refractivity contribution >= 4 is 17.6 Å². The van der Waals surface area contributed by atoms with Gasteiger partial charge in [-0.05, 0) is 49.2 Å². The molecule has 2 aromatic rings. The molecule has 0 radical (unpaired) electrons. The predicted molar refractivity (Wildman–Crippen MR) is 94.9 cm³/mol. The Labute approximate surface area is 154 Å². The lowest BCUT2D eigenvalue weighted by Crippen LogP contribution is -2.15. The highest BCUT2D eigenvalue weighted by atomic mass is 19.3. The van der Waals surface area contributed by atoms with Crippen LogP contribution in [0.4, 0.5) is 14.5 Å². The average Bonchev–Trinajstić information content (AvgIpc) is 2.59. The molecular formula is C19H19F2NO5. The van der Waals surface area contributed by atoms with Crippen molar-refractivity contribution < 1.29 is 33.0 Å². The van der Waals surface area contributed by atoms with E-state index in [-0.39, 0.29) is 11.4 Å². The van der Waals surface area contributed by atoms with Crippen molar-refractivity contribution in [1.82, 2.24) is 0 Å². The molecule has 0 heterocycles. The molecule has 0 aliphatic heterocycles. The largest absolute Gasteiger partial charge is 0.485 e. The second-order valence-electron chi connectivity index (χ2n) is 5.77. The molecule has 2 rings (SSSR count). The van der Waals surface area contributed by atoms with E-state index in [0.29, 0.717) is 22.4 Å². The molecule has 0 aromatic heterocycles. The van der Waals surface area contributed by atoms with Crippen LogP contribution in [0.5, 0.6) is 11.5 Å². The van der Waals surface area contributed by atoms with E-state index in [2.05, 4.69) is 5.32 Å². The highest BCUT2D eigenvalue weighted by Gasteiger charge is 2.15. The average molecular weight is 379 g/mol. The summed E-state index contributed by atoms with van der Waals surface area (Å²) >= 11 is 0. The van der Waals surface area contributed by atoms with Crippen LogP contribution in [0.3, 0.4) is 0 Å². The van der Waals surface area contributed by atoms with Gasteiger partial charge in [0.1, 0.15) is 18.1 Å². The first kappa shape index (κ1) is 20.2. The lowest BCUT2D eigenvalue weighted by molar-refractivity contribution is -0.139. The van der Waals surface area contributed by atoms with Crippen LogP contribution in [0, 0.1) is 13.8 Å². The van der Waals surface area contributed by atoms with Crippen LogP contribution in [0.15, 0.2) is 36.4 Å². The van der Waals surface area contributed by atoms with Gasteiger partial charge in [-0.1, -0.05) is 12.1 Å². The Morgan fingerprint density at radius 3 is 2.33 bits per heavy atom. The van der Waals surface area contributed by atoms with Gasteiger partial charge in [0, 0.05) is 5.56 Å². The van der Waals surface area contributed by atoms with Gasteiger partial charge in [-0.3, -0.25) is 4.79 Å². The number of carboxylic acid groups (broad SMARTS) is 1. The lowest BCUT2D eigenvalue weighted by Gasteiger charge is -2.14. The van der Waals surface area contributed by atoms with Crippen molar-refractivity contribution in [3.8, 4) is 11.5 Å². The maximum atomic E-state index is 12.5. The third kappa shape index (κ3) is 5.67. The number of aryl methyl sites for hydroxylation is 2. The third-order valence-electron chi connectivity index (χ3n) is 3.56. The van der Waals surface area contributed by atoms with E-state index in [1.165, 1.54) is 6.07 Å². The highest BCUT2D eigenvalue weighted by molar-refractivity contribution is 6.05. The summed E-state index contributed by atoms with van der Waals surface area (Å²) in [5, 5.41) is 11.4. The van der Waals surface area contributed by atoms with Crippen molar-refractivity contribution in [2.45, 2.75) is 20.3 Å². The fourth-order valence-corrected chi connectivity index (χ4v) is 2.49. The first-order valence-electron chi connectivity index (χ1n) is 8.05. The van der Waals surface area contributed by atoms with Crippen LogP contribution in [0.1, 0.15) is 21.5 Å². The van der Waals surface area contributed by atoms with Gasteiger partial charge in [0.2, 0.25) is 0 Å². The molecule has 2 N–H and O–H groups in total. The van der Waals surface area contributed by atoms with E-state index in [1.807, 2.05) is 0 Å². The van der Waals surface area contributed by atoms with E-state index < -0.39 is 31.5 Å². The summed E-state index contributed by atoms with van der Waals surface area (Å²) in [6.45, 7) is 2.13. The van der Waals surface area contributed by atoms with Crippen LogP contribution >= 0.6 is 0 Å². The van der Waals surface area contributed by atoms with Gasteiger partial charge in [0.05, 0.1) is 5.69 Å². The molecule has 0 unspecified atom stereocenters. The predicted octanol–water partition coefficient (Wildman–Crippen LogP) is 3.66. The first-order chi connectivity index (χ1) is 12.8. The number of aliphatic carboxylic acids is 1. The Hall–Kier alpha value is -3.16. The zero-order valence-electron chi connectivity index (χ0n) is 14.8. The molecule has 8 heteroatoms. The van der Waals surface area contributed by atoms with Gasteiger partial charge in [0.15, 0.2) is 6.61 Å². The zero-order valence-corrected chi connectivity index (χ0v) is 14.8. The maximum Gasteiger partial charge on any atom is 0.341 e. The summed E-state index contributed by atoms with van der Waals surface area (Å²) in [5.41, 5.74) is 1.79. The number of rotatable bonds is 8. The Kier molecular flexibility index (Phi) is 6.70. The minimum atomic E-state index is -2.63. The zero-order chi connectivity index (χ0) is 20.0. The molecule has 0 bridgehead atoms. The van der Waals surface area contributed by atoms with Crippen molar-refractivity contribution in [1.29, 1.82) is 0 Å². The topological polar surface area (TPSA) is 84.9 Å². The number of nitrogens with one attached hydrogen (secondary N) is 1. The van der Waals surface area contributed by atoms with Crippen molar-refractivity contribution in [3.63, 3.8) is 0 Å². The summed E-state index contributed by atoms with van der Waals surface area (Å²) < 4.78 is 35.0. The van der Waals surface area contributed by atoms with Crippen LogP contribution < -0.4 is 14.8 Å². The number of hydrogen-bond donors (Lipinski definition) is 2. The molecule has 0 saturated carbocycles. The number of alkyl halides is 2. The van der Waals surface area contributed by atoms with Gasteiger partial charge in [-0.15, -0.1) is 0 Å². The molecule has 27 heavy (non-hydrogen) atoms. The Morgan fingerprint density at radius 1 is 1.11 bits per heavy atom. The molecule has 0 aliphatic rings. The monoisotopic (exact) mass is 379 g/mol. The summed E-state index contributed by atoms with van der Waals surface area (Å²) in [5.74, 6) is -1.02. The van der Waals surface area contributed by atoms with Crippen LogP contribution in [-0.2, 0) is 4.79 Å². The number of halogens is 2. The third-order valence-corrected chi connectivity index (χ3v) is 3.56. The van der Waals surface area contributed by atoms with Crippen molar-refractivity contribution in [2.75, 3.05) is 18.5 Å². The number of para-hydroxylation sites is 2. The summed E-state index contributed by atoms with van der Waals surface area (Å²) in [6.07, 6.45) is -2.63. The number of amides is 1. The molecular weight excluding hydrogens is 360 g/mol. The van der Waals surface area contributed by atoms with E-state index in [4.69, 9.17) is 14.6 Å². The van der Waals surface area contributed by atoms with Crippen LogP contribution in [-0.4, -0.2) is 36.6 Å². The van der Waals surface area contributed by atoms with E-state index >= 15 is 0 Å². The fourth-order valence-electron chi connectivity index (χ4n) is 2.49. The van der Waals surface area contributed by atoms with Gasteiger partial charge in [-0.25, -0.2) is 13.6 Å². The molecule has 0 spiro atoms. The van der Waals surface area contributed by atoms with Gasteiger partial charge in [0.25, 0.3) is 12.3 Å². The van der Waals surface area contributed by atoms with Crippen molar-refractivity contribution in [2.24, 2.45) is 0 Å². The number of ether oxygens (including phenoxy) is 2. The van der Waals surface area contributed by atoms with Crippen molar-refractivity contribution in [3.05, 3.63) is 53.1 Å². The normalized spacial score (nSPS) is 10.6. The summed E-state index contributed by atoms with van der Waals surface area (Å²) in [7, 11) is 0. The second-order valence-corrected chi connectivity index (χ2v) is 5.77. The quantitative estimate of drug-likeness (QED) is 0.731. The number of carboxylic acids is 1. The molecule has 0 atom stereocenters. The number of carbonyl (C=O) groups excluding carboxylic acids is 1. The first-order valence-corrected chi connectivity index (χ1v) is 8.05. The van der Waals surface area contributed by atoms with E-state index in [9.17, 15) is 18.4 Å². The van der Waals surface area contributed by atoms with Gasteiger partial charge >= 0.3 is 5.97 Å². The molecule has 0 aliphatic carbocycles. The van der Waals surface area contributed by atoms with Gasteiger partial charge in [-0.2, -0.15) is 0 Å². The summed E-state index contributed by atoms with van der Waals surface area (Å²) in [4.78, 5) is 23.2. The Balaban J connectivity index is 2.18. The van der Waals surface area contributed by atoms with Crippen LogP contribution in [0.2, 0.25) is 0 Å². The molecule has 0 saturated heterocycles. The number of benzene rings is 2. The molecule has 2 aromatic carbocycles. The second kappa shape index (κ2) is 8.98. The molecule has 1 amide bonds. The Morgan fingerprint density at radius 2 is 1.74 bits per heavy atom. The molecule has 144 valence electrons. The number of carbonyl (C=O) groups is 2. The number of hydrogen-bond acceptors (Lipinski definition) is 4. The minimum absolute atomic E-state index is 0.140. The van der Waals surface area contributed by atoms with E-state index in [1.54, 1.807) is 44.2 Å². The van der Waals surface area contributed by atoms with Gasteiger partial charge < -0.3 is 19.9 Å². The lowest BCUT2D eigenvalue weighted by atomic mass is 10.0. The summed E-state index contributed by atoms with van der Waals surface area (Å²) in [6, 6.07) is 9.40. The molecule has 6 nitrogen and oxygen atoms in total. The number of anilines is 1. The SMILES string of the molecule is Cc1cc(C(=O)Nc2ccccc2OCC(F)F)cc(C)c1OCC(=O)O. The maximum absolute atomic E-state index is 12.5. The minimum Gasteiger partial charge on any atom is -0.485 e. The van der Waals surface area contributed by atoms with Crippen LogP contribution in [0.25, 0.3) is 0 Å². The molecule has 0 fully saturated rings. The Bertz CT molecular complexity index is 816. The standard InChI is InChI=1S/C19H19F2NO5/c1-11-7-13(8-12(2)18(11)27-10-17(23)24)19(25)22-14-5-3-4-6-15(14)26-9-16(20)21/h3-8,16H,9-10H2,1-2H3,(H,22,25)(H,23,24). The fraction of sp³-hybridized carbons (Fsp3) is 0.263.